The first-order valence-electron chi connectivity index (χ1n) is 6.29. The Morgan fingerprint density at radius 2 is 1.89 bits per heavy atom. The van der Waals surface area contributed by atoms with Gasteiger partial charge in [-0.15, -0.1) is 0 Å². The Kier molecular flexibility index (Phi) is 3.44. The molecule has 0 saturated carbocycles. The highest BCUT2D eigenvalue weighted by molar-refractivity contribution is 5.69. The second-order valence-electron chi connectivity index (χ2n) is 5.15. The number of nitriles is 1. The summed E-state index contributed by atoms with van der Waals surface area (Å²) in [5.41, 5.74) is 8.40. The normalized spacial score (nSPS) is 24.9. The molecule has 2 N–H and O–H groups in total. The fourth-order valence-electron chi connectivity index (χ4n) is 2.51. The van der Waals surface area contributed by atoms with Crippen molar-refractivity contribution in [1.82, 2.24) is 4.90 Å². The Labute approximate surface area is 109 Å². The molecule has 96 valence electrons. The molecule has 1 fully saturated rings. The average molecular weight is 244 g/mol. The molecule has 0 bridgehead atoms. The minimum atomic E-state index is 0.504. The number of nitrogen functional groups attached to an aromatic ring is 1. The van der Waals surface area contributed by atoms with Crippen LogP contribution in [0.25, 0.3) is 0 Å². The molecule has 0 aliphatic carbocycles. The molecule has 1 aromatic carbocycles. The maximum absolute atomic E-state index is 8.86. The SMILES string of the molecule is CC1CN(c2ccc(C#N)cc2N)CC(C)N1C. The molecular formula is C14H20N4. The van der Waals surface area contributed by atoms with E-state index in [0.717, 1.165) is 18.8 Å². The van der Waals surface area contributed by atoms with Crippen molar-refractivity contribution in [3.05, 3.63) is 23.8 Å². The number of hydrogen-bond donors (Lipinski definition) is 1. The Balaban J connectivity index is 2.25. The molecule has 0 spiro atoms. The highest BCUT2D eigenvalue weighted by Crippen LogP contribution is 2.27. The molecule has 2 rings (SSSR count). The lowest BCUT2D eigenvalue weighted by Gasteiger charge is -2.43. The van der Waals surface area contributed by atoms with Crippen molar-refractivity contribution in [3.8, 4) is 6.07 Å². The summed E-state index contributed by atoms with van der Waals surface area (Å²) in [5.74, 6) is 0. The number of nitrogens with zero attached hydrogens (tertiary/aromatic N) is 3. The minimum Gasteiger partial charge on any atom is -0.397 e. The van der Waals surface area contributed by atoms with Gasteiger partial charge in [-0.05, 0) is 39.1 Å². The second kappa shape index (κ2) is 4.87. The van der Waals surface area contributed by atoms with Crippen LogP contribution in [0.4, 0.5) is 11.4 Å². The molecular weight excluding hydrogens is 224 g/mol. The molecule has 2 unspecified atom stereocenters. The Hall–Kier alpha value is -1.73. The highest BCUT2D eigenvalue weighted by atomic mass is 15.3. The van der Waals surface area contributed by atoms with E-state index in [1.807, 2.05) is 12.1 Å². The van der Waals surface area contributed by atoms with Gasteiger partial charge in [-0.3, -0.25) is 4.90 Å². The molecule has 0 amide bonds. The van der Waals surface area contributed by atoms with Gasteiger partial charge in [0.25, 0.3) is 0 Å². The van der Waals surface area contributed by atoms with Crippen molar-refractivity contribution in [3.63, 3.8) is 0 Å². The summed E-state index contributed by atoms with van der Waals surface area (Å²) in [6.45, 7) is 6.39. The highest BCUT2D eigenvalue weighted by Gasteiger charge is 2.27. The standard InChI is InChI=1S/C14H20N4/c1-10-8-18(9-11(2)17(10)3)14-5-4-12(7-15)6-13(14)16/h4-6,10-11H,8-9,16H2,1-3H3. The van der Waals surface area contributed by atoms with Gasteiger partial charge in [0.05, 0.1) is 23.0 Å². The van der Waals surface area contributed by atoms with Gasteiger partial charge < -0.3 is 10.6 Å². The number of benzene rings is 1. The van der Waals surface area contributed by atoms with Crippen LogP contribution >= 0.6 is 0 Å². The third-order valence-corrected chi connectivity index (χ3v) is 3.86. The Morgan fingerprint density at radius 1 is 1.28 bits per heavy atom. The second-order valence-corrected chi connectivity index (χ2v) is 5.15. The number of anilines is 2. The van der Waals surface area contributed by atoms with Gasteiger partial charge >= 0.3 is 0 Å². The Morgan fingerprint density at radius 3 is 2.39 bits per heavy atom. The number of nitrogens with two attached hydrogens (primary N) is 1. The fourth-order valence-corrected chi connectivity index (χ4v) is 2.51. The molecule has 1 aromatic rings. The third kappa shape index (κ3) is 2.27. The first-order chi connectivity index (χ1) is 8.52. The molecule has 2 atom stereocenters. The predicted octanol–water partition coefficient (Wildman–Crippen LogP) is 1.67. The van der Waals surface area contributed by atoms with Gasteiger partial charge in [-0.1, -0.05) is 0 Å². The van der Waals surface area contributed by atoms with E-state index < -0.39 is 0 Å². The van der Waals surface area contributed by atoms with Gasteiger partial charge in [0.2, 0.25) is 0 Å². The third-order valence-electron chi connectivity index (χ3n) is 3.86. The topological polar surface area (TPSA) is 56.3 Å². The van der Waals surface area contributed by atoms with Gasteiger partial charge in [0.15, 0.2) is 0 Å². The quantitative estimate of drug-likeness (QED) is 0.763. The monoisotopic (exact) mass is 244 g/mol. The molecule has 1 heterocycles. The van der Waals surface area contributed by atoms with Crippen molar-refractivity contribution in [1.29, 1.82) is 5.26 Å². The van der Waals surface area contributed by atoms with Crippen molar-refractivity contribution in [2.45, 2.75) is 25.9 Å². The van der Waals surface area contributed by atoms with Gasteiger partial charge in [-0.25, -0.2) is 0 Å². The fraction of sp³-hybridized carbons (Fsp3) is 0.500. The van der Waals surface area contributed by atoms with Gasteiger partial charge in [0.1, 0.15) is 0 Å². The Bertz CT molecular complexity index is 465. The van der Waals surface area contributed by atoms with E-state index in [4.69, 9.17) is 11.0 Å². The van der Waals surface area contributed by atoms with E-state index in [1.165, 1.54) is 0 Å². The predicted molar refractivity (Wildman–Crippen MR) is 74.5 cm³/mol. The summed E-state index contributed by atoms with van der Waals surface area (Å²) >= 11 is 0. The van der Waals surface area contributed by atoms with Crippen LogP contribution in [0.1, 0.15) is 19.4 Å². The van der Waals surface area contributed by atoms with Crippen molar-refractivity contribution in [2.75, 3.05) is 30.8 Å². The average Bonchev–Trinajstić information content (AvgIpc) is 2.35. The van der Waals surface area contributed by atoms with Crippen LogP contribution in [0, 0.1) is 11.3 Å². The van der Waals surface area contributed by atoms with Crippen molar-refractivity contribution in [2.24, 2.45) is 0 Å². The van der Waals surface area contributed by atoms with E-state index in [1.54, 1.807) is 6.07 Å². The van der Waals surface area contributed by atoms with E-state index in [-0.39, 0.29) is 0 Å². The molecule has 0 radical (unpaired) electrons. The minimum absolute atomic E-state index is 0.504. The maximum atomic E-state index is 8.86. The van der Waals surface area contributed by atoms with Gasteiger partial charge in [-0.2, -0.15) is 5.26 Å². The van der Waals surface area contributed by atoms with Gasteiger partial charge in [0, 0.05) is 25.2 Å². The molecule has 4 heteroatoms. The van der Waals surface area contributed by atoms with Crippen LogP contribution in [0.15, 0.2) is 18.2 Å². The number of piperazine rings is 1. The van der Waals surface area contributed by atoms with Crippen molar-refractivity contribution < 1.29 is 0 Å². The molecule has 0 aromatic heterocycles. The van der Waals surface area contributed by atoms with E-state index >= 15 is 0 Å². The molecule has 18 heavy (non-hydrogen) atoms. The number of rotatable bonds is 1. The van der Waals surface area contributed by atoms with Crippen LogP contribution in [-0.4, -0.2) is 37.1 Å². The van der Waals surface area contributed by atoms with Crippen LogP contribution < -0.4 is 10.6 Å². The molecule has 4 nitrogen and oxygen atoms in total. The van der Waals surface area contributed by atoms with Crippen LogP contribution in [0.5, 0.6) is 0 Å². The lowest BCUT2D eigenvalue weighted by Crippen LogP contribution is -2.55. The first kappa shape index (κ1) is 12.7. The summed E-state index contributed by atoms with van der Waals surface area (Å²) in [7, 11) is 2.16. The largest absolute Gasteiger partial charge is 0.397 e. The van der Waals surface area contributed by atoms with E-state index in [0.29, 0.717) is 23.3 Å². The number of hydrogen-bond acceptors (Lipinski definition) is 4. The lowest BCUT2D eigenvalue weighted by molar-refractivity contribution is 0.170. The lowest BCUT2D eigenvalue weighted by atomic mass is 10.1. The smallest absolute Gasteiger partial charge is 0.0992 e. The first-order valence-corrected chi connectivity index (χ1v) is 6.29. The number of likely N-dealkylation sites (N-methyl/N-ethyl adjacent to an activating group) is 1. The zero-order chi connectivity index (χ0) is 13.3. The molecule has 1 saturated heterocycles. The summed E-state index contributed by atoms with van der Waals surface area (Å²) in [4.78, 5) is 4.70. The van der Waals surface area contributed by atoms with E-state index in [9.17, 15) is 0 Å². The van der Waals surface area contributed by atoms with E-state index in [2.05, 4.69) is 36.8 Å². The summed E-state index contributed by atoms with van der Waals surface area (Å²) in [6.07, 6.45) is 0. The zero-order valence-corrected chi connectivity index (χ0v) is 11.2. The summed E-state index contributed by atoms with van der Waals surface area (Å²) in [5, 5.41) is 8.86. The summed E-state index contributed by atoms with van der Waals surface area (Å²) < 4.78 is 0. The molecule has 1 aliphatic rings. The van der Waals surface area contributed by atoms with Crippen LogP contribution in [0.2, 0.25) is 0 Å². The maximum Gasteiger partial charge on any atom is 0.0992 e. The summed E-state index contributed by atoms with van der Waals surface area (Å²) in [6, 6.07) is 8.67. The van der Waals surface area contributed by atoms with Crippen molar-refractivity contribution >= 4 is 11.4 Å². The zero-order valence-electron chi connectivity index (χ0n) is 11.2. The van der Waals surface area contributed by atoms with Crippen LogP contribution in [0.3, 0.4) is 0 Å². The molecule has 1 aliphatic heterocycles. The van der Waals surface area contributed by atoms with Crippen LogP contribution in [-0.2, 0) is 0 Å².